The Hall–Kier alpha value is -2.21. The van der Waals surface area contributed by atoms with Crippen LogP contribution < -0.4 is 5.32 Å². The molecule has 1 aromatic carbocycles. The number of nitrogens with zero attached hydrogens (tertiary/aromatic N) is 1. The molecule has 102 valence electrons. The van der Waals surface area contributed by atoms with Crippen molar-refractivity contribution in [2.24, 2.45) is 0 Å². The highest BCUT2D eigenvalue weighted by atomic mass is 16.6. The lowest BCUT2D eigenvalue weighted by Crippen LogP contribution is -2.17. The Balaban J connectivity index is 2.67. The number of carbonyl (C=O) groups is 1. The molecular weight excluding hydrogens is 248 g/mol. The molecule has 6 heteroatoms. The van der Waals surface area contributed by atoms with Crippen LogP contribution in [0, 0.1) is 17.0 Å². The van der Waals surface area contributed by atoms with Gasteiger partial charge < -0.3 is 10.4 Å². The first kappa shape index (κ1) is 14.8. The van der Waals surface area contributed by atoms with Crippen molar-refractivity contribution < 1.29 is 14.8 Å². The molecule has 0 amide bonds. The van der Waals surface area contributed by atoms with Crippen LogP contribution in [0.3, 0.4) is 0 Å². The molecule has 0 fully saturated rings. The Morgan fingerprint density at radius 1 is 1.53 bits per heavy atom. The standard InChI is InChI=1S/C13H16N2O4/c1-9(6-13(16)17)7-14-8-11-4-3-5-12(10(11)2)15(18)19/h3-6,14H,7-8H2,1-2H3,(H,16,17)/b9-6-. The zero-order valence-corrected chi connectivity index (χ0v) is 10.8. The van der Waals surface area contributed by atoms with E-state index in [1.165, 1.54) is 6.07 Å². The molecule has 0 spiro atoms. The average Bonchev–Trinajstić information content (AvgIpc) is 2.30. The number of benzene rings is 1. The van der Waals surface area contributed by atoms with E-state index in [9.17, 15) is 14.9 Å². The number of carboxylic acid groups (broad SMARTS) is 1. The highest BCUT2D eigenvalue weighted by Crippen LogP contribution is 2.20. The second-order valence-electron chi connectivity index (χ2n) is 4.25. The molecule has 1 aromatic rings. The molecule has 0 aliphatic rings. The monoisotopic (exact) mass is 264 g/mol. The van der Waals surface area contributed by atoms with Crippen molar-refractivity contribution in [2.75, 3.05) is 6.54 Å². The Labute approximate surface area is 110 Å². The van der Waals surface area contributed by atoms with Crippen LogP contribution >= 0.6 is 0 Å². The molecule has 0 radical (unpaired) electrons. The number of nitro benzene ring substituents is 1. The van der Waals surface area contributed by atoms with Gasteiger partial charge >= 0.3 is 5.97 Å². The van der Waals surface area contributed by atoms with Gasteiger partial charge in [0.2, 0.25) is 0 Å². The minimum absolute atomic E-state index is 0.0945. The molecule has 19 heavy (non-hydrogen) atoms. The topological polar surface area (TPSA) is 92.5 Å². The maximum atomic E-state index is 10.8. The third-order valence-corrected chi connectivity index (χ3v) is 2.70. The summed E-state index contributed by atoms with van der Waals surface area (Å²) in [5.74, 6) is -0.981. The highest BCUT2D eigenvalue weighted by molar-refractivity contribution is 5.80. The van der Waals surface area contributed by atoms with Crippen LogP contribution in [-0.4, -0.2) is 22.5 Å². The van der Waals surface area contributed by atoms with E-state index in [1.807, 2.05) is 6.07 Å². The number of carboxylic acids is 1. The van der Waals surface area contributed by atoms with Gasteiger partial charge in [0.15, 0.2) is 0 Å². The van der Waals surface area contributed by atoms with E-state index in [4.69, 9.17) is 5.11 Å². The second-order valence-corrected chi connectivity index (χ2v) is 4.25. The van der Waals surface area contributed by atoms with Gasteiger partial charge in [0, 0.05) is 30.8 Å². The molecule has 0 bridgehead atoms. The summed E-state index contributed by atoms with van der Waals surface area (Å²) < 4.78 is 0. The van der Waals surface area contributed by atoms with Crippen molar-refractivity contribution >= 4 is 11.7 Å². The van der Waals surface area contributed by atoms with Crippen molar-refractivity contribution in [3.05, 3.63) is 51.1 Å². The molecule has 2 N–H and O–H groups in total. The highest BCUT2D eigenvalue weighted by Gasteiger charge is 2.12. The summed E-state index contributed by atoms with van der Waals surface area (Å²) in [5.41, 5.74) is 2.24. The predicted octanol–water partition coefficient (Wildman–Crippen LogP) is 2.02. The van der Waals surface area contributed by atoms with Crippen molar-refractivity contribution in [3.8, 4) is 0 Å². The van der Waals surface area contributed by atoms with Gasteiger partial charge in [-0.3, -0.25) is 10.1 Å². The third kappa shape index (κ3) is 4.51. The Bertz CT molecular complexity index is 523. The van der Waals surface area contributed by atoms with Gasteiger partial charge in [0.1, 0.15) is 0 Å². The molecule has 0 unspecified atom stereocenters. The summed E-state index contributed by atoms with van der Waals surface area (Å²) in [7, 11) is 0. The first-order valence-corrected chi connectivity index (χ1v) is 5.75. The molecule has 0 aliphatic heterocycles. The fourth-order valence-electron chi connectivity index (χ4n) is 1.72. The van der Waals surface area contributed by atoms with Gasteiger partial charge in [-0.25, -0.2) is 4.79 Å². The first-order valence-electron chi connectivity index (χ1n) is 5.75. The maximum Gasteiger partial charge on any atom is 0.328 e. The molecule has 6 nitrogen and oxygen atoms in total. The van der Waals surface area contributed by atoms with E-state index in [1.54, 1.807) is 19.9 Å². The van der Waals surface area contributed by atoms with Crippen LogP contribution in [-0.2, 0) is 11.3 Å². The summed E-state index contributed by atoms with van der Waals surface area (Å²) in [5, 5.41) is 22.4. The van der Waals surface area contributed by atoms with Crippen LogP contribution in [0.2, 0.25) is 0 Å². The summed E-state index contributed by atoms with van der Waals surface area (Å²) in [6.45, 7) is 4.29. The summed E-state index contributed by atoms with van der Waals surface area (Å²) in [4.78, 5) is 20.8. The molecule has 0 saturated heterocycles. The van der Waals surface area contributed by atoms with Gasteiger partial charge in [-0.1, -0.05) is 17.7 Å². The van der Waals surface area contributed by atoms with Gasteiger partial charge in [0.25, 0.3) is 5.69 Å². The van der Waals surface area contributed by atoms with Gasteiger partial charge in [-0.15, -0.1) is 0 Å². The van der Waals surface area contributed by atoms with Gasteiger partial charge in [-0.2, -0.15) is 0 Å². The molecule has 0 atom stereocenters. The summed E-state index contributed by atoms with van der Waals surface area (Å²) in [6.07, 6.45) is 1.13. The second kappa shape index (κ2) is 6.65. The minimum atomic E-state index is -0.981. The number of nitrogens with one attached hydrogen (secondary N) is 1. The largest absolute Gasteiger partial charge is 0.478 e. The minimum Gasteiger partial charge on any atom is -0.478 e. The van der Waals surface area contributed by atoms with Crippen molar-refractivity contribution in [2.45, 2.75) is 20.4 Å². The van der Waals surface area contributed by atoms with Crippen molar-refractivity contribution in [1.29, 1.82) is 0 Å². The SMILES string of the molecule is C/C(=C/C(=O)O)CNCc1cccc([N+](=O)[O-])c1C. The van der Waals surface area contributed by atoms with E-state index in [-0.39, 0.29) is 5.69 Å². The summed E-state index contributed by atoms with van der Waals surface area (Å²) >= 11 is 0. The zero-order valence-electron chi connectivity index (χ0n) is 10.8. The summed E-state index contributed by atoms with van der Waals surface area (Å²) in [6, 6.07) is 4.92. The van der Waals surface area contributed by atoms with Crippen LogP contribution in [0.25, 0.3) is 0 Å². The van der Waals surface area contributed by atoms with Gasteiger partial charge in [-0.05, 0) is 19.4 Å². The molecule has 1 rings (SSSR count). The van der Waals surface area contributed by atoms with Crippen molar-refractivity contribution in [3.63, 3.8) is 0 Å². The number of rotatable bonds is 6. The van der Waals surface area contributed by atoms with E-state index < -0.39 is 10.9 Å². The van der Waals surface area contributed by atoms with Crippen LogP contribution in [0.1, 0.15) is 18.1 Å². The zero-order chi connectivity index (χ0) is 14.4. The van der Waals surface area contributed by atoms with E-state index >= 15 is 0 Å². The fraction of sp³-hybridized carbons (Fsp3) is 0.308. The Kier molecular flexibility index (Phi) is 5.20. The molecule has 0 aliphatic carbocycles. The normalized spacial score (nSPS) is 11.4. The first-order chi connectivity index (χ1) is 8.91. The van der Waals surface area contributed by atoms with Gasteiger partial charge in [0.05, 0.1) is 4.92 Å². The van der Waals surface area contributed by atoms with E-state index in [0.29, 0.717) is 24.2 Å². The lowest BCUT2D eigenvalue weighted by molar-refractivity contribution is -0.385. The molecule has 0 heterocycles. The third-order valence-electron chi connectivity index (χ3n) is 2.70. The lowest BCUT2D eigenvalue weighted by atomic mass is 10.1. The molecular formula is C13H16N2O4. The fourth-order valence-corrected chi connectivity index (χ4v) is 1.72. The van der Waals surface area contributed by atoms with Crippen LogP contribution in [0.5, 0.6) is 0 Å². The van der Waals surface area contributed by atoms with E-state index in [2.05, 4.69) is 5.32 Å². The van der Waals surface area contributed by atoms with E-state index in [0.717, 1.165) is 11.6 Å². The number of aliphatic carboxylic acids is 1. The quantitative estimate of drug-likeness (QED) is 0.466. The predicted molar refractivity (Wildman–Crippen MR) is 70.9 cm³/mol. The van der Waals surface area contributed by atoms with Crippen LogP contribution in [0.15, 0.2) is 29.8 Å². The Morgan fingerprint density at radius 3 is 2.79 bits per heavy atom. The lowest BCUT2D eigenvalue weighted by Gasteiger charge is -2.08. The smallest absolute Gasteiger partial charge is 0.328 e. The average molecular weight is 264 g/mol. The maximum absolute atomic E-state index is 10.8. The van der Waals surface area contributed by atoms with Crippen molar-refractivity contribution in [1.82, 2.24) is 5.32 Å². The number of hydrogen-bond acceptors (Lipinski definition) is 4. The number of nitro groups is 1. The number of hydrogen-bond donors (Lipinski definition) is 2. The van der Waals surface area contributed by atoms with Crippen LogP contribution in [0.4, 0.5) is 5.69 Å². The Morgan fingerprint density at radius 2 is 2.21 bits per heavy atom. The molecule has 0 saturated carbocycles. The molecule has 0 aromatic heterocycles.